The number of nitrogens with one attached hydrogen (secondary N) is 1. The van der Waals surface area contributed by atoms with Crippen molar-refractivity contribution in [2.75, 3.05) is 39.4 Å². The van der Waals surface area contributed by atoms with Crippen molar-refractivity contribution in [3.05, 3.63) is 0 Å². The van der Waals surface area contributed by atoms with Gasteiger partial charge in [0, 0.05) is 18.6 Å². The maximum atomic E-state index is 6.02. The van der Waals surface area contributed by atoms with Crippen LogP contribution >= 0.6 is 0 Å². The fourth-order valence-corrected chi connectivity index (χ4v) is 2.42. The van der Waals surface area contributed by atoms with E-state index >= 15 is 0 Å². The minimum atomic E-state index is 0.168. The molecule has 2 atom stereocenters. The summed E-state index contributed by atoms with van der Waals surface area (Å²) in [5.74, 6) is 0. The summed E-state index contributed by atoms with van der Waals surface area (Å²) in [6.45, 7) is 16.7. The van der Waals surface area contributed by atoms with Gasteiger partial charge in [0.15, 0.2) is 0 Å². The van der Waals surface area contributed by atoms with E-state index in [1.165, 1.54) is 0 Å². The predicted molar refractivity (Wildman–Crippen MR) is 84.3 cm³/mol. The van der Waals surface area contributed by atoms with E-state index in [4.69, 9.17) is 9.47 Å². The van der Waals surface area contributed by atoms with Gasteiger partial charge in [0.1, 0.15) is 0 Å². The number of hydrogen-bond acceptors (Lipinski definition) is 4. The maximum absolute atomic E-state index is 6.02. The summed E-state index contributed by atoms with van der Waals surface area (Å²) >= 11 is 0. The van der Waals surface area contributed by atoms with Crippen LogP contribution in [-0.2, 0) is 9.47 Å². The van der Waals surface area contributed by atoms with Crippen molar-refractivity contribution in [3.63, 3.8) is 0 Å². The molecule has 1 N–H and O–H groups in total. The normalized spacial score (nSPS) is 23.7. The largest absolute Gasteiger partial charge is 0.377 e. The van der Waals surface area contributed by atoms with Gasteiger partial charge in [-0.15, -0.1) is 0 Å². The van der Waals surface area contributed by atoms with Gasteiger partial charge >= 0.3 is 0 Å². The SMILES string of the molecule is CCN(CC)CCOCC1CCC(CNC(C)(C)C)O1. The lowest BCUT2D eigenvalue weighted by molar-refractivity contribution is -0.0190. The third-order valence-electron chi connectivity index (χ3n) is 3.81. The Labute approximate surface area is 125 Å². The van der Waals surface area contributed by atoms with Crippen LogP contribution < -0.4 is 5.32 Å². The van der Waals surface area contributed by atoms with Crippen LogP contribution in [0.3, 0.4) is 0 Å². The number of hydrogen-bond donors (Lipinski definition) is 1. The van der Waals surface area contributed by atoms with E-state index in [1.54, 1.807) is 0 Å². The Morgan fingerprint density at radius 2 is 1.80 bits per heavy atom. The highest BCUT2D eigenvalue weighted by atomic mass is 16.5. The van der Waals surface area contributed by atoms with Crippen LogP contribution in [0.1, 0.15) is 47.5 Å². The molecule has 2 unspecified atom stereocenters. The molecule has 0 amide bonds. The summed E-state index contributed by atoms with van der Waals surface area (Å²) in [6, 6.07) is 0. The molecule has 0 spiro atoms. The molecular weight excluding hydrogens is 252 g/mol. The first kappa shape index (κ1) is 17.9. The summed E-state index contributed by atoms with van der Waals surface area (Å²) in [5, 5.41) is 3.51. The van der Waals surface area contributed by atoms with Gasteiger partial charge in [-0.05, 0) is 46.7 Å². The van der Waals surface area contributed by atoms with Crippen molar-refractivity contribution in [1.29, 1.82) is 0 Å². The molecule has 1 saturated heterocycles. The molecule has 1 aliphatic heterocycles. The average Bonchev–Trinajstić information content (AvgIpc) is 2.84. The van der Waals surface area contributed by atoms with E-state index in [9.17, 15) is 0 Å². The Hall–Kier alpha value is -0.160. The molecule has 1 fully saturated rings. The zero-order chi connectivity index (χ0) is 15.0. The summed E-state index contributed by atoms with van der Waals surface area (Å²) in [6.07, 6.45) is 2.92. The van der Waals surface area contributed by atoms with Crippen LogP contribution in [0.2, 0.25) is 0 Å². The number of nitrogens with zero attached hydrogens (tertiary/aromatic N) is 1. The van der Waals surface area contributed by atoms with Gasteiger partial charge in [-0.1, -0.05) is 13.8 Å². The third kappa shape index (κ3) is 7.58. The van der Waals surface area contributed by atoms with E-state index in [0.717, 1.165) is 52.2 Å². The molecule has 0 radical (unpaired) electrons. The van der Waals surface area contributed by atoms with Gasteiger partial charge in [0.2, 0.25) is 0 Å². The van der Waals surface area contributed by atoms with Crippen LogP contribution in [0.4, 0.5) is 0 Å². The van der Waals surface area contributed by atoms with E-state index in [0.29, 0.717) is 12.2 Å². The second-order valence-electron chi connectivity index (χ2n) is 6.69. The molecule has 20 heavy (non-hydrogen) atoms. The van der Waals surface area contributed by atoms with Gasteiger partial charge in [0.05, 0.1) is 25.4 Å². The quantitative estimate of drug-likeness (QED) is 0.659. The van der Waals surface area contributed by atoms with E-state index in [1.807, 2.05) is 0 Å². The third-order valence-corrected chi connectivity index (χ3v) is 3.81. The van der Waals surface area contributed by atoms with Gasteiger partial charge in [0.25, 0.3) is 0 Å². The molecule has 0 bridgehead atoms. The molecule has 0 aromatic rings. The monoisotopic (exact) mass is 286 g/mol. The Bertz CT molecular complexity index is 249. The molecule has 4 heteroatoms. The molecule has 0 aromatic carbocycles. The standard InChI is InChI=1S/C16H34N2O2/c1-6-18(7-2)10-11-19-13-15-9-8-14(20-15)12-17-16(3,4)5/h14-15,17H,6-13H2,1-5H3. The lowest BCUT2D eigenvalue weighted by Gasteiger charge is -2.23. The lowest BCUT2D eigenvalue weighted by atomic mass is 10.1. The minimum absolute atomic E-state index is 0.168. The summed E-state index contributed by atoms with van der Waals surface area (Å²) in [5.41, 5.74) is 0.168. The molecule has 1 heterocycles. The number of rotatable bonds is 9. The predicted octanol–water partition coefficient (Wildman–Crippen LogP) is 2.28. The average molecular weight is 286 g/mol. The Kier molecular flexibility index (Phi) is 8.03. The Balaban J connectivity index is 2.06. The summed E-state index contributed by atoms with van der Waals surface area (Å²) in [4.78, 5) is 2.38. The van der Waals surface area contributed by atoms with E-state index in [-0.39, 0.29) is 5.54 Å². The van der Waals surface area contributed by atoms with Gasteiger partial charge in [-0.2, -0.15) is 0 Å². The maximum Gasteiger partial charge on any atom is 0.0813 e. The van der Waals surface area contributed by atoms with Crippen molar-refractivity contribution in [2.24, 2.45) is 0 Å². The fourth-order valence-electron chi connectivity index (χ4n) is 2.42. The minimum Gasteiger partial charge on any atom is -0.377 e. The highest BCUT2D eigenvalue weighted by molar-refractivity contribution is 4.79. The van der Waals surface area contributed by atoms with Crippen LogP contribution in [0.25, 0.3) is 0 Å². The Morgan fingerprint density at radius 3 is 2.40 bits per heavy atom. The van der Waals surface area contributed by atoms with Crippen molar-refractivity contribution in [2.45, 2.75) is 65.2 Å². The zero-order valence-corrected chi connectivity index (χ0v) is 14.1. The van der Waals surface area contributed by atoms with Crippen LogP contribution in [0, 0.1) is 0 Å². The highest BCUT2D eigenvalue weighted by Crippen LogP contribution is 2.20. The number of ether oxygens (including phenoxy) is 2. The molecule has 120 valence electrons. The second kappa shape index (κ2) is 8.98. The van der Waals surface area contributed by atoms with E-state index in [2.05, 4.69) is 44.8 Å². The van der Waals surface area contributed by atoms with Crippen molar-refractivity contribution < 1.29 is 9.47 Å². The lowest BCUT2D eigenvalue weighted by Crippen LogP contribution is -2.41. The first-order chi connectivity index (χ1) is 9.44. The molecule has 0 aliphatic carbocycles. The van der Waals surface area contributed by atoms with Crippen molar-refractivity contribution >= 4 is 0 Å². The number of likely N-dealkylation sites (N-methyl/N-ethyl adjacent to an activating group) is 1. The topological polar surface area (TPSA) is 33.7 Å². The second-order valence-corrected chi connectivity index (χ2v) is 6.69. The molecule has 0 aromatic heterocycles. The molecule has 1 aliphatic rings. The van der Waals surface area contributed by atoms with Gasteiger partial charge in [-0.3, -0.25) is 0 Å². The molecular formula is C16H34N2O2. The van der Waals surface area contributed by atoms with Crippen LogP contribution in [-0.4, -0.2) is 62.0 Å². The van der Waals surface area contributed by atoms with Crippen molar-refractivity contribution in [1.82, 2.24) is 10.2 Å². The first-order valence-corrected chi connectivity index (χ1v) is 8.15. The fraction of sp³-hybridized carbons (Fsp3) is 1.00. The molecule has 4 nitrogen and oxygen atoms in total. The summed E-state index contributed by atoms with van der Waals surface area (Å²) in [7, 11) is 0. The van der Waals surface area contributed by atoms with Crippen LogP contribution in [0.15, 0.2) is 0 Å². The van der Waals surface area contributed by atoms with Crippen LogP contribution in [0.5, 0.6) is 0 Å². The summed E-state index contributed by atoms with van der Waals surface area (Å²) < 4.78 is 11.8. The highest BCUT2D eigenvalue weighted by Gasteiger charge is 2.26. The Morgan fingerprint density at radius 1 is 1.15 bits per heavy atom. The smallest absolute Gasteiger partial charge is 0.0813 e. The van der Waals surface area contributed by atoms with Crippen molar-refractivity contribution in [3.8, 4) is 0 Å². The molecule has 0 saturated carbocycles. The molecule has 1 rings (SSSR count). The van der Waals surface area contributed by atoms with E-state index < -0.39 is 0 Å². The zero-order valence-electron chi connectivity index (χ0n) is 14.1. The van der Waals surface area contributed by atoms with Gasteiger partial charge < -0.3 is 19.7 Å². The van der Waals surface area contributed by atoms with Gasteiger partial charge in [-0.25, -0.2) is 0 Å². The first-order valence-electron chi connectivity index (χ1n) is 8.15.